The van der Waals surface area contributed by atoms with Crippen molar-refractivity contribution in [1.82, 2.24) is 4.90 Å². The van der Waals surface area contributed by atoms with E-state index in [1.807, 2.05) is 35.2 Å². The number of rotatable bonds is 3. The van der Waals surface area contributed by atoms with Crippen molar-refractivity contribution in [1.29, 1.82) is 0 Å². The molecule has 3 rings (SSSR count). The number of piperidine rings is 1. The molecule has 3 nitrogen and oxygen atoms in total. The molecule has 2 heterocycles. The molecular weight excluding hydrogens is 248 g/mol. The summed E-state index contributed by atoms with van der Waals surface area (Å²) in [6, 6.07) is 8.27. The molecule has 2 aliphatic heterocycles. The standard InChI is InChI=1S/C17H20N2O/c1-3-10-18-11-8-14(9-12-18)19-16-7-5-4-6-15(16)13(2)17(19)20/h3-7,14H,1-2,8-12H2. The van der Waals surface area contributed by atoms with Crippen LogP contribution in [0.4, 0.5) is 5.69 Å². The fourth-order valence-electron chi connectivity index (χ4n) is 3.21. The van der Waals surface area contributed by atoms with Crippen LogP contribution < -0.4 is 4.90 Å². The van der Waals surface area contributed by atoms with Crippen molar-refractivity contribution in [3.05, 3.63) is 49.1 Å². The lowest BCUT2D eigenvalue weighted by Crippen LogP contribution is -2.46. The van der Waals surface area contributed by atoms with Crippen LogP contribution in [0.25, 0.3) is 5.57 Å². The van der Waals surface area contributed by atoms with Gasteiger partial charge in [0.25, 0.3) is 5.91 Å². The lowest BCUT2D eigenvalue weighted by Gasteiger charge is -2.36. The van der Waals surface area contributed by atoms with Crippen molar-refractivity contribution in [2.45, 2.75) is 18.9 Å². The van der Waals surface area contributed by atoms with Crippen molar-refractivity contribution < 1.29 is 4.79 Å². The molecular formula is C17H20N2O. The summed E-state index contributed by atoms with van der Waals surface area (Å²) in [6.07, 6.45) is 3.97. The van der Waals surface area contributed by atoms with Crippen LogP contribution in [0.1, 0.15) is 18.4 Å². The number of fused-ring (bicyclic) bond motifs is 1. The predicted octanol–water partition coefficient (Wildman–Crippen LogP) is 2.70. The number of hydrogen-bond donors (Lipinski definition) is 0. The Morgan fingerprint density at radius 3 is 2.65 bits per heavy atom. The highest BCUT2D eigenvalue weighted by molar-refractivity contribution is 6.32. The Hall–Kier alpha value is -1.87. The van der Waals surface area contributed by atoms with Crippen LogP contribution in [0.5, 0.6) is 0 Å². The minimum absolute atomic E-state index is 0.0772. The van der Waals surface area contributed by atoms with E-state index in [1.165, 1.54) is 0 Å². The monoisotopic (exact) mass is 268 g/mol. The zero-order valence-electron chi connectivity index (χ0n) is 11.7. The number of benzene rings is 1. The van der Waals surface area contributed by atoms with Gasteiger partial charge >= 0.3 is 0 Å². The molecule has 1 saturated heterocycles. The fourth-order valence-corrected chi connectivity index (χ4v) is 3.21. The maximum atomic E-state index is 12.5. The summed E-state index contributed by atoms with van der Waals surface area (Å²) < 4.78 is 0. The topological polar surface area (TPSA) is 23.6 Å². The van der Waals surface area contributed by atoms with E-state index in [9.17, 15) is 4.79 Å². The van der Waals surface area contributed by atoms with Crippen LogP contribution >= 0.6 is 0 Å². The van der Waals surface area contributed by atoms with Crippen LogP contribution in [-0.2, 0) is 4.79 Å². The van der Waals surface area contributed by atoms with Crippen LogP contribution in [0.15, 0.2) is 43.5 Å². The Bertz CT molecular complexity index is 556. The molecule has 0 N–H and O–H groups in total. The molecule has 0 spiro atoms. The summed E-state index contributed by atoms with van der Waals surface area (Å²) in [7, 11) is 0. The van der Waals surface area contributed by atoms with Crippen molar-refractivity contribution in [3.63, 3.8) is 0 Å². The lowest BCUT2D eigenvalue weighted by atomic mass is 10.0. The summed E-state index contributed by atoms with van der Waals surface area (Å²) in [6.45, 7) is 10.7. The molecule has 0 radical (unpaired) electrons. The Kier molecular flexibility index (Phi) is 3.45. The largest absolute Gasteiger partial charge is 0.305 e. The third-order valence-electron chi connectivity index (χ3n) is 4.28. The normalized spacial score (nSPS) is 20.3. The minimum atomic E-state index is 0.0772. The number of hydrogen-bond acceptors (Lipinski definition) is 2. The van der Waals surface area contributed by atoms with E-state index >= 15 is 0 Å². The minimum Gasteiger partial charge on any atom is -0.305 e. The SMILES string of the molecule is C=CCN1CCC(N2C(=O)C(=C)c3ccccc32)CC1. The molecule has 1 aromatic carbocycles. The first-order valence-corrected chi connectivity index (χ1v) is 7.17. The van der Waals surface area contributed by atoms with Crippen molar-refractivity contribution in [2.75, 3.05) is 24.5 Å². The summed E-state index contributed by atoms with van der Waals surface area (Å²) in [4.78, 5) is 16.8. The van der Waals surface area contributed by atoms with Gasteiger partial charge in [0.1, 0.15) is 0 Å². The van der Waals surface area contributed by atoms with Gasteiger partial charge < -0.3 is 4.90 Å². The van der Waals surface area contributed by atoms with E-state index in [-0.39, 0.29) is 5.91 Å². The molecule has 0 saturated carbocycles. The van der Waals surface area contributed by atoms with E-state index in [2.05, 4.69) is 18.1 Å². The second-order valence-corrected chi connectivity index (χ2v) is 5.49. The first kappa shape index (κ1) is 13.1. The lowest BCUT2D eigenvalue weighted by molar-refractivity contribution is -0.113. The molecule has 0 unspecified atom stereocenters. The van der Waals surface area contributed by atoms with Gasteiger partial charge in [-0.15, -0.1) is 6.58 Å². The smallest absolute Gasteiger partial charge is 0.258 e. The number of amides is 1. The van der Waals surface area contributed by atoms with E-state index in [4.69, 9.17) is 0 Å². The number of carbonyl (C=O) groups excluding carboxylic acids is 1. The molecule has 1 fully saturated rings. The molecule has 0 bridgehead atoms. The first-order chi connectivity index (χ1) is 9.72. The maximum absolute atomic E-state index is 12.5. The highest BCUT2D eigenvalue weighted by atomic mass is 16.2. The van der Waals surface area contributed by atoms with E-state index in [0.29, 0.717) is 11.6 Å². The molecule has 1 amide bonds. The van der Waals surface area contributed by atoms with Gasteiger partial charge in [-0.1, -0.05) is 30.9 Å². The quantitative estimate of drug-likeness (QED) is 0.621. The Morgan fingerprint density at radius 1 is 1.25 bits per heavy atom. The first-order valence-electron chi connectivity index (χ1n) is 7.17. The Labute approximate surface area is 120 Å². The van der Waals surface area contributed by atoms with Gasteiger partial charge in [-0.25, -0.2) is 0 Å². The number of anilines is 1. The number of carbonyl (C=O) groups is 1. The van der Waals surface area contributed by atoms with Crippen molar-refractivity contribution in [2.24, 2.45) is 0 Å². The maximum Gasteiger partial charge on any atom is 0.258 e. The van der Waals surface area contributed by atoms with Crippen molar-refractivity contribution >= 4 is 17.2 Å². The zero-order valence-corrected chi connectivity index (χ0v) is 11.7. The highest BCUT2D eigenvalue weighted by Gasteiger charge is 2.36. The molecule has 0 atom stereocenters. The van der Waals surface area contributed by atoms with Crippen LogP contribution in [0.2, 0.25) is 0 Å². The average molecular weight is 268 g/mol. The van der Waals surface area contributed by atoms with Gasteiger partial charge in [0.15, 0.2) is 0 Å². The molecule has 2 aliphatic rings. The Balaban J connectivity index is 1.80. The van der Waals surface area contributed by atoms with E-state index < -0.39 is 0 Å². The molecule has 20 heavy (non-hydrogen) atoms. The summed E-state index contributed by atoms with van der Waals surface area (Å²) in [5, 5.41) is 0. The van der Waals surface area contributed by atoms with E-state index in [0.717, 1.165) is 43.7 Å². The van der Waals surface area contributed by atoms with Gasteiger partial charge in [0.2, 0.25) is 0 Å². The zero-order chi connectivity index (χ0) is 14.1. The van der Waals surface area contributed by atoms with Crippen molar-refractivity contribution in [3.8, 4) is 0 Å². The third kappa shape index (κ3) is 2.08. The molecule has 3 heteroatoms. The second-order valence-electron chi connectivity index (χ2n) is 5.49. The number of nitrogens with zero attached hydrogens (tertiary/aromatic N) is 2. The molecule has 1 aromatic rings. The highest BCUT2D eigenvalue weighted by Crippen LogP contribution is 2.38. The van der Waals surface area contributed by atoms with Crippen LogP contribution in [0.3, 0.4) is 0 Å². The average Bonchev–Trinajstić information content (AvgIpc) is 2.73. The third-order valence-corrected chi connectivity index (χ3v) is 4.28. The predicted molar refractivity (Wildman–Crippen MR) is 82.6 cm³/mol. The van der Waals surface area contributed by atoms with Gasteiger partial charge in [-0.3, -0.25) is 9.69 Å². The molecule has 104 valence electrons. The van der Waals surface area contributed by atoms with Crippen LogP contribution in [0, 0.1) is 0 Å². The second kappa shape index (κ2) is 5.25. The summed E-state index contributed by atoms with van der Waals surface area (Å²) >= 11 is 0. The number of para-hydroxylation sites is 1. The number of likely N-dealkylation sites (tertiary alicyclic amines) is 1. The van der Waals surface area contributed by atoms with Gasteiger partial charge in [0, 0.05) is 36.8 Å². The van der Waals surface area contributed by atoms with Crippen LogP contribution in [-0.4, -0.2) is 36.5 Å². The van der Waals surface area contributed by atoms with Gasteiger partial charge in [-0.2, -0.15) is 0 Å². The fraction of sp³-hybridized carbons (Fsp3) is 0.353. The molecule has 0 aromatic heterocycles. The van der Waals surface area contributed by atoms with Gasteiger partial charge in [-0.05, 0) is 18.9 Å². The summed E-state index contributed by atoms with van der Waals surface area (Å²) in [5.41, 5.74) is 2.66. The molecule has 0 aliphatic carbocycles. The van der Waals surface area contributed by atoms with Gasteiger partial charge in [0.05, 0.1) is 5.69 Å². The summed E-state index contributed by atoms with van der Waals surface area (Å²) in [5.74, 6) is 0.0772. The van der Waals surface area contributed by atoms with E-state index in [1.54, 1.807) is 0 Å². The Morgan fingerprint density at radius 2 is 1.95 bits per heavy atom.